The van der Waals surface area contributed by atoms with Crippen molar-refractivity contribution in [1.82, 2.24) is 9.78 Å². The van der Waals surface area contributed by atoms with Crippen LogP contribution in [0.3, 0.4) is 0 Å². The predicted molar refractivity (Wildman–Crippen MR) is 74.3 cm³/mol. The molecule has 0 aliphatic rings. The van der Waals surface area contributed by atoms with E-state index in [1.807, 2.05) is 24.3 Å². The first-order chi connectivity index (χ1) is 9.08. The molecule has 4 nitrogen and oxygen atoms in total. The highest BCUT2D eigenvalue weighted by atomic mass is 16.3. The molecule has 19 heavy (non-hydrogen) atoms. The van der Waals surface area contributed by atoms with Crippen LogP contribution in [0, 0.1) is 0 Å². The number of ketones is 1. The Balaban J connectivity index is 2.49. The Bertz CT molecular complexity index is 597. The molecule has 0 unspecified atom stereocenters. The molecule has 1 aromatic carbocycles. The van der Waals surface area contributed by atoms with Crippen molar-refractivity contribution >= 4 is 5.78 Å². The molecule has 4 heteroatoms. The lowest BCUT2D eigenvalue weighted by atomic mass is 10.1. The summed E-state index contributed by atoms with van der Waals surface area (Å²) < 4.78 is 1.55. The summed E-state index contributed by atoms with van der Waals surface area (Å²) in [7, 11) is 1.73. The lowest BCUT2D eigenvalue weighted by Crippen LogP contribution is -1.99. The first kappa shape index (κ1) is 13.3. The van der Waals surface area contributed by atoms with Crippen molar-refractivity contribution in [3.63, 3.8) is 0 Å². The molecule has 1 aromatic heterocycles. The second-order valence-electron chi connectivity index (χ2n) is 4.50. The molecule has 1 N–H and O–H groups in total. The first-order valence-electron chi connectivity index (χ1n) is 6.46. The number of hydrogen-bond donors (Lipinski definition) is 1. The summed E-state index contributed by atoms with van der Waals surface area (Å²) >= 11 is 0. The van der Waals surface area contributed by atoms with E-state index in [1.54, 1.807) is 18.7 Å². The molecule has 1 heterocycles. The molecule has 0 saturated carbocycles. The molecule has 0 amide bonds. The van der Waals surface area contributed by atoms with Crippen LogP contribution in [0.2, 0.25) is 0 Å². The maximum Gasteiger partial charge on any atom is 0.186 e. The fourth-order valence-corrected chi connectivity index (χ4v) is 2.09. The molecule has 2 rings (SSSR count). The van der Waals surface area contributed by atoms with Crippen molar-refractivity contribution in [3.05, 3.63) is 35.5 Å². The zero-order chi connectivity index (χ0) is 14.0. The van der Waals surface area contributed by atoms with Crippen LogP contribution in [0.5, 0.6) is 5.75 Å². The van der Waals surface area contributed by atoms with E-state index >= 15 is 0 Å². The second-order valence-corrected chi connectivity index (χ2v) is 4.50. The van der Waals surface area contributed by atoms with Crippen molar-refractivity contribution in [2.45, 2.75) is 26.7 Å². The molecule has 100 valence electrons. The molecular formula is C15H18N2O2. The quantitative estimate of drug-likeness (QED) is 0.858. The Morgan fingerprint density at radius 1 is 1.26 bits per heavy atom. The highest BCUT2D eigenvalue weighted by Gasteiger charge is 2.20. The summed E-state index contributed by atoms with van der Waals surface area (Å²) in [6, 6.07) is 7.91. The van der Waals surface area contributed by atoms with Crippen LogP contribution in [0.1, 0.15) is 36.3 Å². The zero-order valence-electron chi connectivity index (χ0n) is 11.5. The number of benzene rings is 1. The van der Waals surface area contributed by atoms with Gasteiger partial charge in [0.25, 0.3) is 0 Å². The van der Waals surface area contributed by atoms with Crippen LogP contribution in [-0.2, 0) is 13.5 Å². The van der Waals surface area contributed by atoms with E-state index in [0.717, 1.165) is 12.0 Å². The van der Waals surface area contributed by atoms with Gasteiger partial charge in [0.2, 0.25) is 0 Å². The van der Waals surface area contributed by atoms with E-state index in [2.05, 4.69) is 12.0 Å². The summed E-state index contributed by atoms with van der Waals surface area (Å²) in [5, 5.41) is 14.3. The lowest BCUT2D eigenvalue weighted by molar-refractivity contribution is 0.0980. The lowest BCUT2D eigenvalue weighted by Gasteiger charge is -2.04. The number of hydrogen-bond acceptors (Lipinski definition) is 3. The number of nitrogens with zero attached hydrogens (tertiary/aromatic N) is 2. The monoisotopic (exact) mass is 258 g/mol. The van der Waals surface area contributed by atoms with Crippen molar-refractivity contribution in [1.29, 1.82) is 0 Å². The van der Waals surface area contributed by atoms with E-state index < -0.39 is 0 Å². The summed E-state index contributed by atoms with van der Waals surface area (Å²) in [6.07, 6.45) is 1.30. The van der Waals surface area contributed by atoms with Crippen LogP contribution < -0.4 is 0 Å². The van der Waals surface area contributed by atoms with Gasteiger partial charge in [-0.1, -0.05) is 38.1 Å². The van der Waals surface area contributed by atoms with Gasteiger partial charge in [0.1, 0.15) is 5.69 Å². The molecule has 0 aliphatic heterocycles. The molecule has 0 aliphatic carbocycles. The summed E-state index contributed by atoms with van der Waals surface area (Å²) in [5.41, 5.74) is 2.83. The molecule has 0 spiro atoms. The van der Waals surface area contributed by atoms with Gasteiger partial charge in [-0.2, -0.15) is 5.10 Å². The van der Waals surface area contributed by atoms with E-state index in [9.17, 15) is 9.90 Å². The van der Waals surface area contributed by atoms with Gasteiger partial charge in [-0.3, -0.25) is 9.48 Å². The minimum absolute atomic E-state index is 0.0291. The van der Waals surface area contributed by atoms with Gasteiger partial charge >= 0.3 is 0 Å². The maximum absolute atomic E-state index is 11.7. The number of aromatic nitrogens is 2. The van der Waals surface area contributed by atoms with Crippen molar-refractivity contribution in [3.8, 4) is 17.0 Å². The van der Waals surface area contributed by atoms with Crippen molar-refractivity contribution < 1.29 is 9.90 Å². The number of carbonyl (C=O) groups is 1. The Morgan fingerprint density at radius 2 is 1.89 bits per heavy atom. The number of carbonyl (C=O) groups excluding carboxylic acids is 1. The molecule has 0 bridgehead atoms. The highest BCUT2D eigenvalue weighted by molar-refractivity contribution is 5.98. The third kappa shape index (κ3) is 2.38. The van der Waals surface area contributed by atoms with Crippen molar-refractivity contribution in [2.24, 2.45) is 7.05 Å². The topological polar surface area (TPSA) is 55.1 Å². The molecule has 0 atom stereocenters. The third-order valence-electron chi connectivity index (χ3n) is 3.24. The summed E-state index contributed by atoms with van der Waals surface area (Å²) in [5.74, 6) is -0.178. The number of aromatic hydroxyl groups is 1. The van der Waals surface area contributed by atoms with Crippen LogP contribution in [-0.4, -0.2) is 20.7 Å². The third-order valence-corrected chi connectivity index (χ3v) is 3.24. The fraction of sp³-hybridized carbons (Fsp3) is 0.333. The van der Waals surface area contributed by atoms with Gasteiger partial charge in [0, 0.05) is 19.0 Å². The van der Waals surface area contributed by atoms with Gasteiger partial charge in [-0.25, -0.2) is 0 Å². The summed E-state index contributed by atoms with van der Waals surface area (Å²) in [6.45, 7) is 3.85. The maximum atomic E-state index is 11.7. The van der Waals surface area contributed by atoms with Crippen LogP contribution >= 0.6 is 0 Å². The van der Waals surface area contributed by atoms with E-state index in [-0.39, 0.29) is 17.2 Å². The number of aryl methyl sites for hydroxylation is 2. The van der Waals surface area contributed by atoms with Gasteiger partial charge in [-0.15, -0.1) is 0 Å². The Kier molecular flexibility index (Phi) is 3.69. The van der Waals surface area contributed by atoms with E-state index in [0.29, 0.717) is 12.1 Å². The molecule has 0 radical (unpaired) electrons. The second kappa shape index (κ2) is 5.26. The van der Waals surface area contributed by atoms with E-state index in [4.69, 9.17) is 0 Å². The first-order valence-corrected chi connectivity index (χ1v) is 6.46. The van der Waals surface area contributed by atoms with Gasteiger partial charge in [0.05, 0.1) is 0 Å². The number of rotatable bonds is 4. The summed E-state index contributed by atoms with van der Waals surface area (Å²) in [4.78, 5) is 11.7. The molecule has 2 aromatic rings. The van der Waals surface area contributed by atoms with E-state index in [1.165, 1.54) is 5.56 Å². The zero-order valence-corrected chi connectivity index (χ0v) is 11.5. The molecular weight excluding hydrogens is 240 g/mol. The Hall–Kier alpha value is -2.10. The standard InChI is InChI=1S/C15H18N2O2/c1-4-10-6-8-11(9-7-10)14-15(19)13(12(18)5-2)16-17(14)3/h6-9,19H,4-5H2,1-3H3. The predicted octanol–water partition coefficient (Wildman–Crippen LogP) is 2.95. The van der Waals surface area contributed by atoms with Gasteiger partial charge in [-0.05, 0) is 12.0 Å². The van der Waals surface area contributed by atoms with Gasteiger partial charge in [0.15, 0.2) is 17.2 Å². The normalized spacial score (nSPS) is 10.7. The van der Waals surface area contributed by atoms with Crippen LogP contribution in [0.25, 0.3) is 11.3 Å². The van der Waals surface area contributed by atoms with Crippen LogP contribution in [0.15, 0.2) is 24.3 Å². The minimum Gasteiger partial charge on any atom is -0.504 e. The van der Waals surface area contributed by atoms with Crippen molar-refractivity contribution in [2.75, 3.05) is 0 Å². The highest BCUT2D eigenvalue weighted by Crippen LogP contribution is 2.32. The smallest absolute Gasteiger partial charge is 0.186 e. The fourth-order valence-electron chi connectivity index (χ4n) is 2.09. The minimum atomic E-state index is -0.149. The Labute approximate surface area is 112 Å². The van der Waals surface area contributed by atoms with Gasteiger partial charge < -0.3 is 5.11 Å². The molecule has 0 saturated heterocycles. The SMILES string of the molecule is CCC(=O)c1nn(C)c(-c2ccc(CC)cc2)c1O. The average molecular weight is 258 g/mol. The largest absolute Gasteiger partial charge is 0.504 e. The Morgan fingerprint density at radius 3 is 2.42 bits per heavy atom. The number of Topliss-reactive ketones (excluding diaryl/α,β-unsaturated/α-hetero) is 1. The van der Waals surface area contributed by atoms with Crippen LogP contribution in [0.4, 0.5) is 0 Å². The molecule has 0 fully saturated rings. The average Bonchev–Trinajstić information content (AvgIpc) is 2.73.